The number of nitrogens with zero attached hydrogens (tertiary/aromatic N) is 3. The first-order valence-electron chi connectivity index (χ1n) is 9.32. The van der Waals surface area contributed by atoms with Gasteiger partial charge in [-0.2, -0.15) is 0 Å². The van der Waals surface area contributed by atoms with Crippen LogP contribution in [0.2, 0.25) is 0 Å². The van der Waals surface area contributed by atoms with Gasteiger partial charge >= 0.3 is 0 Å². The van der Waals surface area contributed by atoms with E-state index < -0.39 is 0 Å². The van der Waals surface area contributed by atoms with Crippen LogP contribution in [0.25, 0.3) is 0 Å². The molecule has 1 aromatic carbocycles. The molecule has 1 aliphatic rings. The number of rotatable bonds is 3. The summed E-state index contributed by atoms with van der Waals surface area (Å²) in [6, 6.07) is 8.31. The third kappa shape index (κ3) is 4.40. The summed E-state index contributed by atoms with van der Waals surface area (Å²) >= 11 is 0. The van der Waals surface area contributed by atoms with Gasteiger partial charge in [-0.25, -0.2) is 9.97 Å². The van der Waals surface area contributed by atoms with E-state index in [0.717, 1.165) is 31.6 Å². The van der Waals surface area contributed by atoms with Gasteiger partial charge in [0.15, 0.2) is 0 Å². The zero-order valence-corrected chi connectivity index (χ0v) is 16.1. The Morgan fingerprint density at radius 3 is 2.27 bits per heavy atom. The minimum Gasteiger partial charge on any atom is -0.339 e. The number of amides is 1. The highest BCUT2D eigenvalue weighted by Gasteiger charge is 2.22. The van der Waals surface area contributed by atoms with Crippen LogP contribution in [0.15, 0.2) is 36.7 Å². The highest BCUT2D eigenvalue weighted by atomic mass is 16.2. The Bertz CT molecular complexity index is 739. The number of hydrogen-bond acceptors (Lipinski definition) is 4. The summed E-state index contributed by atoms with van der Waals surface area (Å²) in [6.07, 6.45) is 5.30. The molecule has 1 amide bonds. The highest BCUT2D eigenvalue weighted by molar-refractivity contribution is 5.92. The summed E-state index contributed by atoms with van der Waals surface area (Å²) in [5, 5.41) is 3.24. The molecule has 0 aliphatic carbocycles. The first kappa shape index (κ1) is 18.4. The van der Waals surface area contributed by atoms with Crippen molar-refractivity contribution in [3.05, 3.63) is 47.9 Å². The number of nitrogens with one attached hydrogen (secondary N) is 1. The number of likely N-dealkylation sites (tertiary alicyclic amines) is 1. The zero-order chi connectivity index (χ0) is 18.7. The minimum atomic E-state index is -0.0227. The predicted octanol–water partition coefficient (Wildman–Crippen LogP) is 4.39. The normalized spacial score (nSPS) is 15.8. The van der Waals surface area contributed by atoms with Gasteiger partial charge in [0.05, 0.1) is 12.4 Å². The van der Waals surface area contributed by atoms with Gasteiger partial charge in [-0.15, -0.1) is 0 Å². The van der Waals surface area contributed by atoms with Crippen molar-refractivity contribution < 1.29 is 4.79 Å². The van der Waals surface area contributed by atoms with Crippen molar-refractivity contribution in [3.63, 3.8) is 0 Å². The first-order chi connectivity index (χ1) is 12.3. The van der Waals surface area contributed by atoms with Gasteiger partial charge in [0, 0.05) is 18.8 Å². The zero-order valence-electron chi connectivity index (χ0n) is 16.1. The fourth-order valence-electron chi connectivity index (χ4n) is 3.08. The van der Waals surface area contributed by atoms with Gasteiger partial charge in [0.1, 0.15) is 11.5 Å². The Morgan fingerprint density at radius 2 is 1.73 bits per heavy atom. The van der Waals surface area contributed by atoms with Crippen molar-refractivity contribution in [1.29, 1.82) is 0 Å². The molecule has 2 aromatic rings. The standard InChI is InChI=1S/C21H28N4O/c1-15-9-11-25(12-10-15)20(26)18-13-23-19(14-22-18)24-17-7-5-16(6-8-17)21(2,3)4/h5-8,13-15H,9-12H2,1-4H3,(H,23,24). The molecule has 0 radical (unpaired) electrons. The topological polar surface area (TPSA) is 58.1 Å². The molecule has 5 nitrogen and oxygen atoms in total. The molecule has 0 saturated carbocycles. The lowest BCUT2D eigenvalue weighted by Crippen LogP contribution is -2.38. The van der Waals surface area contributed by atoms with Crippen LogP contribution in [-0.2, 0) is 5.41 Å². The Balaban J connectivity index is 1.63. The predicted molar refractivity (Wildman–Crippen MR) is 105 cm³/mol. The third-order valence-corrected chi connectivity index (χ3v) is 4.97. The van der Waals surface area contributed by atoms with Crippen molar-refractivity contribution in [1.82, 2.24) is 14.9 Å². The summed E-state index contributed by atoms with van der Waals surface area (Å²) in [5.41, 5.74) is 2.78. The lowest BCUT2D eigenvalue weighted by molar-refractivity contribution is 0.0691. The van der Waals surface area contributed by atoms with Crippen LogP contribution in [0, 0.1) is 5.92 Å². The van der Waals surface area contributed by atoms with Crippen molar-refractivity contribution >= 4 is 17.4 Å². The Labute approximate surface area is 155 Å². The van der Waals surface area contributed by atoms with E-state index in [2.05, 4.69) is 55.1 Å². The molecule has 1 aliphatic heterocycles. The van der Waals surface area contributed by atoms with Gasteiger partial charge in [-0.05, 0) is 41.9 Å². The number of piperidine rings is 1. The fourth-order valence-corrected chi connectivity index (χ4v) is 3.08. The third-order valence-electron chi connectivity index (χ3n) is 4.97. The molecule has 1 N–H and O–H groups in total. The van der Waals surface area contributed by atoms with Crippen molar-refractivity contribution in [2.75, 3.05) is 18.4 Å². The van der Waals surface area contributed by atoms with Crippen molar-refractivity contribution in [2.24, 2.45) is 5.92 Å². The van der Waals surface area contributed by atoms with Crippen LogP contribution in [0.3, 0.4) is 0 Å². The summed E-state index contributed by atoms with van der Waals surface area (Å²) in [4.78, 5) is 23.1. The van der Waals surface area contributed by atoms with Crippen LogP contribution in [0.5, 0.6) is 0 Å². The SMILES string of the molecule is CC1CCN(C(=O)c2cnc(Nc3ccc(C(C)(C)C)cc3)cn2)CC1. The molecule has 5 heteroatoms. The molecule has 2 heterocycles. The second-order valence-electron chi connectivity index (χ2n) is 8.21. The van der Waals surface area contributed by atoms with Gasteiger partial charge < -0.3 is 10.2 Å². The van der Waals surface area contributed by atoms with Gasteiger partial charge in [-0.1, -0.05) is 39.8 Å². The van der Waals surface area contributed by atoms with Crippen LogP contribution in [0.1, 0.15) is 56.6 Å². The van der Waals surface area contributed by atoms with E-state index in [0.29, 0.717) is 17.4 Å². The minimum absolute atomic E-state index is 0.0227. The molecular weight excluding hydrogens is 324 g/mol. The summed E-state index contributed by atoms with van der Waals surface area (Å²) in [7, 11) is 0. The van der Waals surface area contributed by atoms with Crippen LogP contribution >= 0.6 is 0 Å². The van der Waals surface area contributed by atoms with Crippen LogP contribution < -0.4 is 5.32 Å². The summed E-state index contributed by atoms with van der Waals surface area (Å²) < 4.78 is 0. The quantitative estimate of drug-likeness (QED) is 0.890. The Morgan fingerprint density at radius 1 is 1.08 bits per heavy atom. The van der Waals surface area contributed by atoms with E-state index in [1.807, 2.05) is 17.0 Å². The molecule has 0 spiro atoms. The number of carbonyl (C=O) groups is 1. The van der Waals surface area contributed by atoms with Gasteiger partial charge in [0.2, 0.25) is 0 Å². The second-order valence-corrected chi connectivity index (χ2v) is 8.21. The largest absolute Gasteiger partial charge is 0.339 e. The molecule has 0 atom stereocenters. The molecule has 1 aromatic heterocycles. The molecule has 1 fully saturated rings. The molecule has 1 saturated heterocycles. The molecule has 0 bridgehead atoms. The number of hydrogen-bond donors (Lipinski definition) is 1. The molecular formula is C21H28N4O. The average Bonchev–Trinajstić information content (AvgIpc) is 2.62. The molecule has 0 unspecified atom stereocenters. The van der Waals surface area contributed by atoms with Crippen LogP contribution in [-0.4, -0.2) is 33.9 Å². The molecule has 3 rings (SSSR count). The smallest absolute Gasteiger partial charge is 0.274 e. The lowest BCUT2D eigenvalue weighted by Gasteiger charge is -2.29. The number of benzene rings is 1. The van der Waals surface area contributed by atoms with Gasteiger partial charge in [-0.3, -0.25) is 4.79 Å². The van der Waals surface area contributed by atoms with Crippen molar-refractivity contribution in [3.8, 4) is 0 Å². The van der Waals surface area contributed by atoms with E-state index in [1.54, 1.807) is 12.4 Å². The monoisotopic (exact) mass is 352 g/mol. The van der Waals surface area contributed by atoms with E-state index in [-0.39, 0.29) is 11.3 Å². The summed E-state index contributed by atoms with van der Waals surface area (Å²) in [6.45, 7) is 10.4. The molecule has 138 valence electrons. The number of aromatic nitrogens is 2. The maximum Gasteiger partial charge on any atom is 0.274 e. The first-order valence-corrected chi connectivity index (χ1v) is 9.32. The van der Waals surface area contributed by atoms with E-state index >= 15 is 0 Å². The highest BCUT2D eigenvalue weighted by Crippen LogP contribution is 2.24. The van der Waals surface area contributed by atoms with Crippen LogP contribution in [0.4, 0.5) is 11.5 Å². The Kier molecular flexibility index (Phi) is 5.25. The maximum absolute atomic E-state index is 12.5. The van der Waals surface area contributed by atoms with Gasteiger partial charge in [0.25, 0.3) is 5.91 Å². The maximum atomic E-state index is 12.5. The van der Waals surface area contributed by atoms with Crippen molar-refractivity contribution in [2.45, 2.75) is 46.0 Å². The summed E-state index contributed by atoms with van der Waals surface area (Å²) in [5.74, 6) is 1.31. The van der Waals surface area contributed by atoms with E-state index in [4.69, 9.17) is 0 Å². The average molecular weight is 352 g/mol. The fraction of sp³-hybridized carbons (Fsp3) is 0.476. The second kappa shape index (κ2) is 7.44. The number of anilines is 2. The lowest BCUT2D eigenvalue weighted by atomic mass is 9.87. The van der Waals surface area contributed by atoms with E-state index in [1.165, 1.54) is 5.56 Å². The Hall–Kier alpha value is -2.43. The molecule has 26 heavy (non-hydrogen) atoms. The van der Waals surface area contributed by atoms with E-state index in [9.17, 15) is 4.79 Å². The number of carbonyl (C=O) groups excluding carboxylic acids is 1.